The van der Waals surface area contributed by atoms with Crippen LogP contribution >= 0.6 is 0 Å². The van der Waals surface area contributed by atoms with Gasteiger partial charge in [0.1, 0.15) is 5.75 Å². The minimum Gasteiger partial charge on any atom is -0.468 e. The number of halogens is 3. The minimum absolute atomic E-state index is 0.0150. The molecule has 2 aromatic rings. The molecule has 1 aliphatic heterocycles. The number of hydrogen-bond acceptors (Lipinski definition) is 6. The second-order valence-corrected chi connectivity index (χ2v) is 7.85. The molecule has 0 aliphatic carbocycles. The van der Waals surface area contributed by atoms with Crippen molar-refractivity contribution in [2.24, 2.45) is 0 Å². The SMILES string of the molecule is CNCCN1C(=O)[C@H](OC(C)=O)[C@H](c2ccc(OCOC)cc2)Cc2c1cccc2C(F)(F)F. The van der Waals surface area contributed by atoms with Gasteiger partial charge in [-0.25, -0.2) is 0 Å². The second kappa shape index (κ2) is 10.9. The molecule has 1 aliphatic rings. The van der Waals surface area contributed by atoms with E-state index in [0.29, 0.717) is 17.9 Å². The molecule has 0 fully saturated rings. The number of alkyl halides is 3. The number of nitrogens with zero attached hydrogens (tertiary/aromatic N) is 1. The van der Waals surface area contributed by atoms with E-state index < -0.39 is 35.6 Å². The smallest absolute Gasteiger partial charge is 0.416 e. The molecule has 2 aromatic carbocycles. The van der Waals surface area contributed by atoms with Crippen LogP contribution in [-0.2, 0) is 31.7 Å². The van der Waals surface area contributed by atoms with Crippen molar-refractivity contribution in [3.05, 3.63) is 59.2 Å². The molecular weight excluding hydrogens is 453 g/mol. The predicted molar refractivity (Wildman–Crippen MR) is 119 cm³/mol. The summed E-state index contributed by atoms with van der Waals surface area (Å²) in [5.74, 6) is -1.62. The van der Waals surface area contributed by atoms with E-state index in [1.165, 1.54) is 31.1 Å². The number of hydrogen-bond donors (Lipinski definition) is 1. The zero-order chi connectivity index (χ0) is 24.9. The van der Waals surface area contributed by atoms with Crippen LogP contribution in [0, 0.1) is 0 Å². The lowest BCUT2D eigenvalue weighted by molar-refractivity contribution is -0.154. The maximum atomic E-state index is 14.0. The molecule has 184 valence electrons. The predicted octanol–water partition coefficient (Wildman–Crippen LogP) is 3.51. The average molecular weight is 480 g/mol. The van der Waals surface area contributed by atoms with Crippen molar-refractivity contribution >= 4 is 17.6 Å². The van der Waals surface area contributed by atoms with Gasteiger partial charge in [-0.05, 0) is 48.9 Å². The first-order valence-corrected chi connectivity index (χ1v) is 10.7. The van der Waals surface area contributed by atoms with Crippen LogP contribution in [0.1, 0.15) is 29.5 Å². The highest BCUT2D eigenvalue weighted by Gasteiger charge is 2.43. The van der Waals surface area contributed by atoms with Crippen LogP contribution in [-0.4, -0.2) is 52.0 Å². The van der Waals surface area contributed by atoms with Gasteiger partial charge in [0.05, 0.1) is 5.56 Å². The van der Waals surface area contributed by atoms with Gasteiger partial charge < -0.3 is 24.4 Å². The fraction of sp³-hybridized carbons (Fsp3) is 0.417. The van der Waals surface area contributed by atoms with Gasteiger partial charge in [-0.15, -0.1) is 0 Å². The van der Waals surface area contributed by atoms with E-state index in [1.54, 1.807) is 31.3 Å². The molecule has 0 radical (unpaired) electrons. The second-order valence-electron chi connectivity index (χ2n) is 7.85. The van der Waals surface area contributed by atoms with E-state index in [2.05, 4.69) is 5.32 Å². The monoisotopic (exact) mass is 480 g/mol. The van der Waals surface area contributed by atoms with Gasteiger partial charge in [0.25, 0.3) is 5.91 Å². The highest BCUT2D eigenvalue weighted by molar-refractivity contribution is 6.00. The Morgan fingerprint density at radius 1 is 1.18 bits per heavy atom. The van der Waals surface area contributed by atoms with Crippen LogP contribution in [0.2, 0.25) is 0 Å². The fourth-order valence-electron chi connectivity index (χ4n) is 4.08. The number of methoxy groups -OCH3 is 1. The highest BCUT2D eigenvalue weighted by atomic mass is 19.4. The molecule has 0 spiro atoms. The number of benzene rings is 2. The molecular formula is C24H27F3N2O5. The first kappa shape index (κ1) is 25.5. The zero-order valence-electron chi connectivity index (χ0n) is 19.1. The maximum Gasteiger partial charge on any atom is 0.416 e. The summed E-state index contributed by atoms with van der Waals surface area (Å²) in [5.41, 5.74) is -0.128. The largest absolute Gasteiger partial charge is 0.468 e. The molecule has 3 rings (SSSR count). The van der Waals surface area contributed by atoms with Crippen molar-refractivity contribution in [2.45, 2.75) is 31.5 Å². The molecule has 1 amide bonds. The summed E-state index contributed by atoms with van der Waals surface area (Å²) in [5, 5.41) is 2.91. The van der Waals surface area contributed by atoms with E-state index in [0.717, 1.165) is 6.07 Å². The number of ether oxygens (including phenoxy) is 3. The molecule has 7 nitrogen and oxygen atoms in total. The van der Waals surface area contributed by atoms with Gasteiger partial charge in [-0.2, -0.15) is 13.2 Å². The van der Waals surface area contributed by atoms with Gasteiger partial charge in [0, 0.05) is 38.7 Å². The van der Waals surface area contributed by atoms with Crippen LogP contribution in [0.3, 0.4) is 0 Å². The third kappa shape index (κ3) is 5.68. The van der Waals surface area contributed by atoms with Gasteiger partial charge in [0.2, 0.25) is 0 Å². The van der Waals surface area contributed by atoms with Crippen LogP contribution < -0.4 is 15.0 Å². The van der Waals surface area contributed by atoms with Gasteiger partial charge >= 0.3 is 12.1 Å². The molecule has 0 aromatic heterocycles. The number of carbonyl (C=O) groups excluding carboxylic acids is 2. The lowest BCUT2D eigenvalue weighted by Gasteiger charge is -2.28. The number of likely N-dealkylation sites (N-methyl/N-ethyl adjacent to an activating group) is 1. The Morgan fingerprint density at radius 3 is 2.47 bits per heavy atom. The summed E-state index contributed by atoms with van der Waals surface area (Å²) in [6.07, 6.45) is -6.07. The Kier molecular flexibility index (Phi) is 8.16. The number of esters is 1. The summed E-state index contributed by atoms with van der Waals surface area (Å²) in [6.45, 7) is 1.64. The topological polar surface area (TPSA) is 77.1 Å². The third-order valence-corrected chi connectivity index (χ3v) is 5.58. The number of amides is 1. The average Bonchev–Trinajstić information content (AvgIpc) is 2.90. The summed E-state index contributed by atoms with van der Waals surface area (Å²) in [6, 6.07) is 10.3. The molecule has 0 saturated heterocycles. The standard InChI is InChI=1S/C24H27F3N2O5/c1-15(30)34-22-18(16-7-9-17(10-8-16)33-14-32-3)13-19-20(24(25,26)27)5-4-6-21(19)29(23(22)31)12-11-28-2/h4-10,18,22,28H,11-14H2,1-3H3/t18-,22+/m0/s1. The van der Waals surface area contributed by atoms with Crippen LogP contribution in [0.25, 0.3) is 0 Å². The van der Waals surface area contributed by atoms with Gasteiger partial charge in [0.15, 0.2) is 12.9 Å². The summed E-state index contributed by atoms with van der Waals surface area (Å²) in [4.78, 5) is 26.8. The Labute approximate surface area is 195 Å². The Hall–Kier alpha value is -3.11. The molecule has 1 N–H and O–H groups in total. The van der Waals surface area contributed by atoms with Gasteiger partial charge in [-0.1, -0.05) is 18.2 Å². The summed E-state index contributed by atoms with van der Waals surface area (Å²) in [7, 11) is 3.15. The summed E-state index contributed by atoms with van der Waals surface area (Å²) < 4.78 is 57.6. The van der Waals surface area contributed by atoms with Crippen LogP contribution in [0.15, 0.2) is 42.5 Å². The number of carbonyl (C=O) groups is 2. The van der Waals surface area contributed by atoms with E-state index in [-0.39, 0.29) is 31.0 Å². The number of anilines is 1. The van der Waals surface area contributed by atoms with Crippen LogP contribution in [0.5, 0.6) is 5.75 Å². The molecule has 1 heterocycles. The molecule has 0 saturated carbocycles. The van der Waals surface area contributed by atoms with Gasteiger partial charge in [-0.3, -0.25) is 9.59 Å². The lowest BCUT2D eigenvalue weighted by atomic mass is 9.86. The zero-order valence-corrected chi connectivity index (χ0v) is 19.1. The van der Waals surface area contributed by atoms with E-state index >= 15 is 0 Å². The highest BCUT2D eigenvalue weighted by Crippen LogP contribution is 2.42. The van der Waals surface area contributed by atoms with E-state index in [4.69, 9.17) is 14.2 Å². The number of nitrogens with one attached hydrogen (secondary N) is 1. The van der Waals surface area contributed by atoms with E-state index in [1.807, 2.05) is 0 Å². The molecule has 0 bridgehead atoms. The normalized spacial score (nSPS) is 18.3. The lowest BCUT2D eigenvalue weighted by Crippen LogP contribution is -2.45. The summed E-state index contributed by atoms with van der Waals surface area (Å²) >= 11 is 0. The fourth-order valence-corrected chi connectivity index (χ4v) is 4.08. The quantitative estimate of drug-likeness (QED) is 0.460. The molecule has 2 atom stereocenters. The number of rotatable bonds is 8. The van der Waals surface area contributed by atoms with Crippen LogP contribution in [0.4, 0.5) is 18.9 Å². The first-order chi connectivity index (χ1) is 16.2. The maximum absolute atomic E-state index is 14.0. The Balaban J connectivity index is 2.15. The number of fused-ring (bicyclic) bond motifs is 1. The van der Waals surface area contributed by atoms with Crippen molar-refractivity contribution in [2.75, 3.05) is 38.9 Å². The third-order valence-electron chi connectivity index (χ3n) is 5.58. The molecule has 10 heteroatoms. The van der Waals surface area contributed by atoms with Crippen molar-refractivity contribution < 1.29 is 37.0 Å². The van der Waals surface area contributed by atoms with Crippen molar-refractivity contribution in [1.82, 2.24) is 5.32 Å². The first-order valence-electron chi connectivity index (χ1n) is 10.7. The van der Waals surface area contributed by atoms with Crippen molar-refractivity contribution in [1.29, 1.82) is 0 Å². The molecule has 0 unspecified atom stereocenters. The Bertz CT molecular complexity index is 1010. The Morgan fingerprint density at radius 2 is 1.88 bits per heavy atom. The van der Waals surface area contributed by atoms with Crippen molar-refractivity contribution in [3.63, 3.8) is 0 Å². The molecule has 34 heavy (non-hydrogen) atoms. The van der Waals surface area contributed by atoms with E-state index in [9.17, 15) is 22.8 Å². The van der Waals surface area contributed by atoms with Crippen molar-refractivity contribution in [3.8, 4) is 5.75 Å². The minimum atomic E-state index is -4.62.